The van der Waals surface area contributed by atoms with Crippen molar-refractivity contribution in [3.8, 4) is 0 Å². The van der Waals surface area contributed by atoms with Gasteiger partial charge in [0.2, 0.25) is 0 Å². The molecular weight excluding hydrogens is 244 g/mol. The fourth-order valence-corrected chi connectivity index (χ4v) is 2.40. The zero-order valence-electron chi connectivity index (χ0n) is 8.74. The third-order valence-corrected chi connectivity index (χ3v) is 3.52. The van der Waals surface area contributed by atoms with Crippen LogP contribution in [0.1, 0.15) is 11.5 Å². The van der Waals surface area contributed by atoms with Crippen molar-refractivity contribution in [1.82, 2.24) is 4.98 Å². The first-order chi connectivity index (χ1) is 7.66. The van der Waals surface area contributed by atoms with Gasteiger partial charge in [-0.2, -0.15) is 0 Å². The molecule has 84 valence electrons. The van der Waals surface area contributed by atoms with Crippen LogP contribution in [0, 0.1) is 6.92 Å². The number of aromatic nitrogens is 1. The molecule has 1 aromatic heterocycles. The summed E-state index contributed by atoms with van der Waals surface area (Å²) in [5.74, 6) is 1.59. The van der Waals surface area contributed by atoms with Crippen LogP contribution in [-0.4, -0.2) is 4.98 Å². The predicted octanol–water partition coefficient (Wildman–Crippen LogP) is 3.51. The zero-order valence-corrected chi connectivity index (χ0v) is 10.3. The number of hydrogen-bond donors (Lipinski definition) is 1. The number of thioether (sulfide) groups is 1. The normalized spacial score (nSPS) is 10.6. The molecule has 5 heteroatoms. The molecule has 0 aliphatic carbocycles. The number of hydrogen-bond acceptors (Lipinski definition) is 4. The van der Waals surface area contributed by atoms with E-state index in [1.54, 1.807) is 17.8 Å². The Labute approximate surface area is 103 Å². The highest BCUT2D eigenvalue weighted by molar-refractivity contribution is 7.98. The molecule has 0 saturated carbocycles. The Hall–Kier alpha value is -1.13. The lowest BCUT2D eigenvalue weighted by atomic mass is 10.3. The summed E-state index contributed by atoms with van der Waals surface area (Å²) in [6, 6.07) is 5.49. The van der Waals surface area contributed by atoms with Gasteiger partial charge in [0, 0.05) is 21.4 Å². The molecule has 0 spiro atoms. The molecule has 0 radical (unpaired) electrons. The van der Waals surface area contributed by atoms with Crippen LogP contribution < -0.4 is 5.73 Å². The maximum Gasteiger partial charge on any atom is 0.181 e. The van der Waals surface area contributed by atoms with Crippen molar-refractivity contribution >= 4 is 29.1 Å². The molecule has 1 aromatic carbocycles. The van der Waals surface area contributed by atoms with E-state index in [4.69, 9.17) is 21.8 Å². The minimum atomic E-state index is 0.652. The van der Waals surface area contributed by atoms with Gasteiger partial charge in [-0.25, -0.2) is 4.98 Å². The molecular formula is C11H11ClN2OS. The van der Waals surface area contributed by atoms with Crippen molar-refractivity contribution in [2.75, 3.05) is 5.73 Å². The molecule has 0 amide bonds. The van der Waals surface area contributed by atoms with Crippen molar-refractivity contribution < 1.29 is 4.42 Å². The lowest BCUT2D eigenvalue weighted by molar-refractivity contribution is 0.525. The third-order valence-electron chi connectivity index (χ3n) is 2.18. The Balaban J connectivity index is 2.08. The van der Waals surface area contributed by atoms with E-state index in [0.29, 0.717) is 10.7 Å². The van der Waals surface area contributed by atoms with Gasteiger partial charge in [-0.3, -0.25) is 0 Å². The van der Waals surface area contributed by atoms with E-state index in [0.717, 1.165) is 22.1 Å². The molecule has 3 nitrogen and oxygen atoms in total. The van der Waals surface area contributed by atoms with Gasteiger partial charge >= 0.3 is 0 Å². The standard InChI is InChI=1S/C11H11ClN2OS/c1-7-10(14-6-15-7)5-16-11-3-2-8(12)4-9(11)13/h2-4,6H,5,13H2,1H3. The van der Waals surface area contributed by atoms with Crippen LogP contribution in [0.5, 0.6) is 0 Å². The first-order valence-corrected chi connectivity index (χ1v) is 6.10. The number of benzene rings is 1. The average Bonchev–Trinajstić information content (AvgIpc) is 2.63. The molecule has 2 N–H and O–H groups in total. The second-order valence-corrected chi connectivity index (χ2v) is 4.78. The molecule has 0 bridgehead atoms. The van der Waals surface area contributed by atoms with Crippen molar-refractivity contribution in [3.05, 3.63) is 41.1 Å². The monoisotopic (exact) mass is 254 g/mol. The summed E-state index contributed by atoms with van der Waals surface area (Å²) < 4.78 is 5.13. The van der Waals surface area contributed by atoms with Gasteiger partial charge in [0.25, 0.3) is 0 Å². The molecule has 0 aliphatic heterocycles. The lowest BCUT2D eigenvalue weighted by Crippen LogP contribution is -1.89. The highest BCUT2D eigenvalue weighted by Crippen LogP contribution is 2.30. The minimum absolute atomic E-state index is 0.652. The van der Waals surface area contributed by atoms with E-state index in [1.165, 1.54) is 6.39 Å². The summed E-state index contributed by atoms with van der Waals surface area (Å²) in [6.45, 7) is 1.90. The van der Waals surface area contributed by atoms with E-state index >= 15 is 0 Å². The predicted molar refractivity (Wildman–Crippen MR) is 66.7 cm³/mol. The van der Waals surface area contributed by atoms with Crippen LogP contribution in [0.2, 0.25) is 5.02 Å². The van der Waals surface area contributed by atoms with Crippen molar-refractivity contribution in [1.29, 1.82) is 0 Å². The SMILES string of the molecule is Cc1ocnc1CSc1ccc(Cl)cc1N. The largest absolute Gasteiger partial charge is 0.448 e. The van der Waals surface area contributed by atoms with E-state index in [9.17, 15) is 0 Å². The molecule has 2 rings (SSSR count). The Kier molecular flexibility index (Phi) is 3.41. The van der Waals surface area contributed by atoms with Crippen LogP contribution in [0.15, 0.2) is 33.9 Å². The Morgan fingerprint density at radius 3 is 2.94 bits per heavy atom. The minimum Gasteiger partial charge on any atom is -0.448 e. The number of aryl methyl sites for hydroxylation is 1. The van der Waals surface area contributed by atoms with Gasteiger partial charge < -0.3 is 10.2 Å². The number of halogens is 1. The summed E-state index contributed by atoms with van der Waals surface area (Å²) in [7, 11) is 0. The fraction of sp³-hybridized carbons (Fsp3) is 0.182. The van der Waals surface area contributed by atoms with Crippen LogP contribution >= 0.6 is 23.4 Å². The smallest absolute Gasteiger partial charge is 0.181 e. The van der Waals surface area contributed by atoms with Gasteiger partial charge in [0.1, 0.15) is 5.76 Å². The second kappa shape index (κ2) is 4.80. The number of oxazole rings is 1. The van der Waals surface area contributed by atoms with Crippen molar-refractivity contribution in [2.45, 2.75) is 17.6 Å². The topological polar surface area (TPSA) is 52.0 Å². The Morgan fingerprint density at radius 2 is 2.31 bits per heavy atom. The van der Waals surface area contributed by atoms with Gasteiger partial charge in [-0.1, -0.05) is 11.6 Å². The maximum atomic E-state index is 5.85. The molecule has 0 unspecified atom stereocenters. The van der Waals surface area contributed by atoms with E-state index in [2.05, 4.69) is 4.98 Å². The number of rotatable bonds is 3. The van der Waals surface area contributed by atoms with Crippen LogP contribution in [0.25, 0.3) is 0 Å². The van der Waals surface area contributed by atoms with E-state index < -0.39 is 0 Å². The molecule has 0 fully saturated rings. The summed E-state index contributed by atoms with van der Waals surface area (Å²) in [6.07, 6.45) is 1.45. The van der Waals surface area contributed by atoms with E-state index in [1.807, 2.05) is 19.1 Å². The third kappa shape index (κ3) is 2.51. The molecule has 0 saturated heterocycles. The second-order valence-electron chi connectivity index (χ2n) is 3.33. The number of anilines is 1. The maximum absolute atomic E-state index is 5.85. The van der Waals surface area contributed by atoms with Crippen LogP contribution in [0.3, 0.4) is 0 Å². The summed E-state index contributed by atoms with van der Waals surface area (Å²) in [5, 5.41) is 0.652. The molecule has 0 atom stereocenters. The van der Waals surface area contributed by atoms with Crippen molar-refractivity contribution in [3.63, 3.8) is 0 Å². The van der Waals surface area contributed by atoms with Gasteiger partial charge in [0.15, 0.2) is 6.39 Å². The zero-order chi connectivity index (χ0) is 11.5. The van der Waals surface area contributed by atoms with Gasteiger partial charge in [0.05, 0.1) is 5.69 Å². The summed E-state index contributed by atoms with van der Waals surface area (Å²) in [5.41, 5.74) is 7.49. The molecule has 16 heavy (non-hydrogen) atoms. The molecule has 0 aliphatic rings. The quantitative estimate of drug-likeness (QED) is 0.673. The Bertz CT molecular complexity index is 498. The number of nitrogens with zero attached hydrogens (tertiary/aromatic N) is 1. The number of nitrogen functional groups attached to an aromatic ring is 1. The number of nitrogens with two attached hydrogens (primary N) is 1. The van der Waals surface area contributed by atoms with Crippen LogP contribution in [-0.2, 0) is 5.75 Å². The lowest BCUT2D eigenvalue weighted by Gasteiger charge is -2.04. The van der Waals surface area contributed by atoms with Crippen molar-refractivity contribution in [2.24, 2.45) is 0 Å². The highest BCUT2D eigenvalue weighted by Gasteiger charge is 2.06. The molecule has 1 heterocycles. The fourth-order valence-electron chi connectivity index (χ4n) is 1.26. The van der Waals surface area contributed by atoms with Crippen LogP contribution in [0.4, 0.5) is 5.69 Å². The highest BCUT2D eigenvalue weighted by atomic mass is 35.5. The Morgan fingerprint density at radius 1 is 1.50 bits per heavy atom. The first kappa shape index (κ1) is 11.4. The first-order valence-electron chi connectivity index (χ1n) is 4.73. The molecule has 2 aromatic rings. The summed E-state index contributed by atoms with van der Waals surface area (Å²) in [4.78, 5) is 5.13. The average molecular weight is 255 g/mol. The van der Waals surface area contributed by atoms with Gasteiger partial charge in [-0.05, 0) is 25.1 Å². The van der Waals surface area contributed by atoms with Gasteiger partial charge in [-0.15, -0.1) is 11.8 Å². The summed E-state index contributed by atoms with van der Waals surface area (Å²) >= 11 is 7.45. The van der Waals surface area contributed by atoms with E-state index in [-0.39, 0.29) is 0 Å².